The summed E-state index contributed by atoms with van der Waals surface area (Å²) in [5.74, 6) is 0.886. The molecule has 102 valence electrons. The summed E-state index contributed by atoms with van der Waals surface area (Å²) < 4.78 is 5.69. The topological polar surface area (TPSA) is 24.5 Å². The average Bonchev–Trinajstić information content (AvgIpc) is 2.34. The molecule has 1 unspecified atom stereocenters. The number of hydrogen-bond donors (Lipinski definition) is 1. The normalized spacial score (nSPS) is 20.2. The Hall–Kier alpha value is -0.480. The van der Waals surface area contributed by atoms with Gasteiger partial charge in [0.25, 0.3) is 0 Å². The van der Waals surface area contributed by atoms with Crippen molar-refractivity contribution in [1.29, 1.82) is 0 Å². The van der Waals surface area contributed by atoms with Crippen molar-refractivity contribution >= 4 is 24.0 Å². The highest BCUT2D eigenvalue weighted by Gasteiger charge is 2.16. The van der Waals surface area contributed by atoms with Crippen LogP contribution in [0.15, 0.2) is 24.3 Å². The molecule has 0 amide bonds. The molecule has 0 radical (unpaired) electrons. The van der Waals surface area contributed by atoms with Crippen LogP contribution in [0, 0.1) is 0 Å². The first-order chi connectivity index (χ1) is 8.25. The van der Waals surface area contributed by atoms with Crippen LogP contribution in [0.4, 0.5) is 0 Å². The second-order valence-corrected chi connectivity index (χ2v) is 4.83. The smallest absolute Gasteiger partial charge is 0.119 e. The molecule has 1 N–H and O–H groups in total. The fourth-order valence-electron chi connectivity index (χ4n) is 2.03. The van der Waals surface area contributed by atoms with E-state index in [4.69, 9.17) is 16.3 Å². The molecule has 2 rings (SSSR count). The lowest BCUT2D eigenvalue weighted by molar-refractivity contribution is 0.143. The Bertz CT molecular complexity index is 345. The maximum absolute atomic E-state index is 5.82. The van der Waals surface area contributed by atoms with Gasteiger partial charge in [0.1, 0.15) is 12.4 Å². The molecular weight excluding hydrogens is 271 g/mol. The van der Waals surface area contributed by atoms with Gasteiger partial charge in [-0.2, -0.15) is 0 Å². The number of ether oxygens (including phenoxy) is 1. The van der Waals surface area contributed by atoms with E-state index >= 15 is 0 Å². The predicted octanol–water partition coefficient (Wildman–Crippen LogP) is 2.43. The molecule has 0 saturated carbocycles. The van der Waals surface area contributed by atoms with E-state index in [9.17, 15) is 0 Å². The molecule has 1 aliphatic heterocycles. The molecular formula is C13H20Cl2N2O. The minimum Gasteiger partial charge on any atom is -0.492 e. The molecule has 0 bridgehead atoms. The summed E-state index contributed by atoms with van der Waals surface area (Å²) in [5.41, 5.74) is 0. The van der Waals surface area contributed by atoms with Crippen LogP contribution in [-0.2, 0) is 0 Å². The molecule has 5 heteroatoms. The summed E-state index contributed by atoms with van der Waals surface area (Å²) in [5, 5.41) is 4.13. The van der Waals surface area contributed by atoms with Gasteiger partial charge in [-0.15, -0.1) is 12.4 Å². The largest absolute Gasteiger partial charge is 0.492 e. The second-order valence-electron chi connectivity index (χ2n) is 4.39. The van der Waals surface area contributed by atoms with Crippen LogP contribution in [0.1, 0.15) is 6.92 Å². The SMILES string of the molecule is CC1CNCCN1CCOc1ccc(Cl)cc1.Cl. The number of nitrogens with one attached hydrogen (secondary N) is 1. The molecule has 1 fully saturated rings. The summed E-state index contributed by atoms with van der Waals surface area (Å²) >= 11 is 5.82. The van der Waals surface area contributed by atoms with Gasteiger partial charge in [-0.25, -0.2) is 0 Å². The summed E-state index contributed by atoms with van der Waals surface area (Å²) in [4.78, 5) is 2.45. The maximum Gasteiger partial charge on any atom is 0.119 e. The van der Waals surface area contributed by atoms with Gasteiger partial charge in [0, 0.05) is 37.2 Å². The molecule has 1 aliphatic rings. The van der Waals surface area contributed by atoms with Crippen LogP contribution in [0.3, 0.4) is 0 Å². The molecule has 1 aromatic rings. The molecule has 3 nitrogen and oxygen atoms in total. The van der Waals surface area contributed by atoms with E-state index in [1.54, 1.807) is 0 Å². The van der Waals surface area contributed by atoms with Gasteiger partial charge in [-0.05, 0) is 31.2 Å². The van der Waals surface area contributed by atoms with Gasteiger partial charge < -0.3 is 10.1 Å². The third-order valence-electron chi connectivity index (χ3n) is 3.10. The average molecular weight is 291 g/mol. The summed E-state index contributed by atoms with van der Waals surface area (Å²) in [7, 11) is 0. The van der Waals surface area contributed by atoms with E-state index in [-0.39, 0.29) is 12.4 Å². The molecule has 1 aromatic carbocycles. The monoisotopic (exact) mass is 290 g/mol. The van der Waals surface area contributed by atoms with E-state index < -0.39 is 0 Å². The van der Waals surface area contributed by atoms with Crippen molar-refractivity contribution < 1.29 is 4.74 Å². The van der Waals surface area contributed by atoms with E-state index in [0.717, 1.165) is 43.6 Å². The number of benzene rings is 1. The molecule has 1 saturated heterocycles. The zero-order valence-electron chi connectivity index (χ0n) is 10.6. The van der Waals surface area contributed by atoms with Crippen LogP contribution in [-0.4, -0.2) is 43.7 Å². The fraction of sp³-hybridized carbons (Fsp3) is 0.538. The van der Waals surface area contributed by atoms with Crippen LogP contribution >= 0.6 is 24.0 Å². The van der Waals surface area contributed by atoms with Crippen molar-refractivity contribution in [3.63, 3.8) is 0 Å². The van der Waals surface area contributed by atoms with Crippen molar-refractivity contribution in [1.82, 2.24) is 10.2 Å². The zero-order valence-corrected chi connectivity index (χ0v) is 12.1. The number of halogens is 2. The Morgan fingerprint density at radius 3 is 2.78 bits per heavy atom. The van der Waals surface area contributed by atoms with Crippen LogP contribution in [0.2, 0.25) is 5.02 Å². The third-order valence-corrected chi connectivity index (χ3v) is 3.35. The van der Waals surface area contributed by atoms with Crippen molar-refractivity contribution in [2.75, 3.05) is 32.8 Å². The second kappa shape index (κ2) is 7.85. The van der Waals surface area contributed by atoms with Gasteiger partial charge in [0.15, 0.2) is 0 Å². The Kier molecular flexibility index (Phi) is 6.79. The van der Waals surface area contributed by atoms with Crippen molar-refractivity contribution in [3.8, 4) is 5.75 Å². The summed E-state index contributed by atoms with van der Waals surface area (Å²) in [6.45, 7) is 7.20. The van der Waals surface area contributed by atoms with E-state index in [2.05, 4.69) is 17.1 Å². The van der Waals surface area contributed by atoms with Crippen molar-refractivity contribution in [2.45, 2.75) is 13.0 Å². The third kappa shape index (κ3) is 4.65. The molecule has 0 aromatic heterocycles. The Morgan fingerprint density at radius 1 is 1.39 bits per heavy atom. The first kappa shape index (κ1) is 15.6. The fourth-order valence-corrected chi connectivity index (χ4v) is 2.15. The van der Waals surface area contributed by atoms with Gasteiger partial charge in [0.05, 0.1) is 0 Å². The highest BCUT2D eigenvalue weighted by atomic mass is 35.5. The molecule has 18 heavy (non-hydrogen) atoms. The highest BCUT2D eigenvalue weighted by Crippen LogP contribution is 2.15. The number of rotatable bonds is 4. The van der Waals surface area contributed by atoms with E-state index in [1.807, 2.05) is 24.3 Å². The minimum atomic E-state index is 0. The first-order valence-corrected chi connectivity index (χ1v) is 6.46. The Balaban J connectivity index is 0.00000162. The van der Waals surface area contributed by atoms with E-state index in [1.165, 1.54) is 0 Å². The lowest BCUT2D eigenvalue weighted by Gasteiger charge is -2.33. The lowest BCUT2D eigenvalue weighted by atomic mass is 10.2. The summed E-state index contributed by atoms with van der Waals surface area (Å²) in [6, 6.07) is 8.11. The molecule has 1 heterocycles. The van der Waals surface area contributed by atoms with Crippen molar-refractivity contribution in [3.05, 3.63) is 29.3 Å². The maximum atomic E-state index is 5.82. The quantitative estimate of drug-likeness (QED) is 0.922. The van der Waals surface area contributed by atoms with Gasteiger partial charge in [-0.1, -0.05) is 11.6 Å². The standard InChI is InChI=1S/C13H19ClN2O.ClH/c1-11-10-15-6-7-16(11)8-9-17-13-4-2-12(14)3-5-13;/h2-5,11,15H,6-10H2,1H3;1H. The van der Waals surface area contributed by atoms with Gasteiger partial charge >= 0.3 is 0 Å². The molecule has 0 aliphatic carbocycles. The molecule has 0 spiro atoms. The van der Waals surface area contributed by atoms with Crippen LogP contribution in [0.25, 0.3) is 0 Å². The predicted molar refractivity (Wildman–Crippen MR) is 78.1 cm³/mol. The van der Waals surface area contributed by atoms with Crippen molar-refractivity contribution in [2.24, 2.45) is 0 Å². The number of hydrogen-bond acceptors (Lipinski definition) is 3. The number of piperazine rings is 1. The zero-order chi connectivity index (χ0) is 12.1. The van der Waals surface area contributed by atoms with Gasteiger partial charge in [-0.3, -0.25) is 4.90 Å². The Morgan fingerprint density at radius 2 is 2.11 bits per heavy atom. The van der Waals surface area contributed by atoms with Crippen LogP contribution < -0.4 is 10.1 Å². The molecule has 1 atom stereocenters. The first-order valence-electron chi connectivity index (χ1n) is 6.09. The lowest BCUT2D eigenvalue weighted by Crippen LogP contribution is -2.50. The Labute approximate surface area is 120 Å². The number of nitrogens with zero attached hydrogens (tertiary/aromatic N) is 1. The van der Waals surface area contributed by atoms with Gasteiger partial charge in [0.2, 0.25) is 0 Å². The summed E-state index contributed by atoms with van der Waals surface area (Å²) in [6.07, 6.45) is 0. The minimum absolute atomic E-state index is 0. The van der Waals surface area contributed by atoms with E-state index in [0.29, 0.717) is 6.04 Å². The highest BCUT2D eigenvalue weighted by molar-refractivity contribution is 6.30. The van der Waals surface area contributed by atoms with Crippen LogP contribution in [0.5, 0.6) is 5.75 Å².